The third-order valence-electron chi connectivity index (χ3n) is 3.89. The molecule has 1 aliphatic rings. The summed E-state index contributed by atoms with van der Waals surface area (Å²) < 4.78 is 0. The van der Waals surface area contributed by atoms with Gasteiger partial charge in [-0.3, -0.25) is 20.2 Å². The highest BCUT2D eigenvalue weighted by Gasteiger charge is 2.29. The molecule has 0 amide bonds. The average molecular weight is 295 g/mol. The summed E-state index contributed by atoms with van der Waals surface area (Å²) >= 11 is 0. The van der Waals surface area contributed by atoms with Gasteiger partial charge in [-0.15, -0.1) is 0 Å². The van der Waals surface area contributed by atoms with E-state index in [-0.39, 0.29) is 29.9 Å². The van der Waals surface area contributed by atoms with Crippen LogP contribution >= 0.6 is 0 Å². The lowest BCUT2D eigenvalue weighted by atomic mass is 9.99. The van der Waals surface area contributed by atoms with Crippen molar-refractivity contribution in [1.29, 1.82) is 0 Å². The zero-order valence-corrected chi connectivity index (χ0v) is 11.4. The van der Waals surface area contributed by atoms with Gasteiger partial charge in [-0.05, 0) is 31.2 Å². The lowest BCUT2D eigenvalue weighted by molar-refractivity contribution is -0.393. The first-order chi connectivity index (χ1) is 10.0. The van der Waals surface area contributed by atoms with Crippen LogP contribution in [-0.4, -0.2) is 27.6 Å². The normalized spacial score (nSPS) is 21.2. The molecule has 1 aromatic rings. The van der Waals surface area contributed by atoms with E-state index in [1.54, 1.807) is 0 Å². The van der Waals surface area contributed by atoms with Crippen LogP contribution < -0.4 is 5.32 Å². The topological polar surface area (TPSA) is 119 Å². The van der Waals surface area contributed by atoms with Crippen LogP contribution in [0.2, 0.25) is 0 Å². The summed E-state index contributed by atoms with van der Waals surface area (Å²) in [4.78, 5) is 20.5. The largest absolute Gasteiger partial charge is 0.396 e. The Hall–Kier alpha value is -2.22. The summed E-state index contributed by atoms with van der Waals surface area (Å²) in [5.41, 5.74) is -0.301. The second-order valence-electron chi connectivity index (χ2n) is 5.17. The monoisotopic (exact) mass is 295 g/mol. The Labute approximate surface area is 121 Å². The molecule has 114 valence electrons. The van der Waals surface area contributed by atoms with E-state index in [0.717, 1.165) is 25.3 Å². The highest BCUT2D eigenvalue weighted by Crippen LogP contribution is 2.35. The van der Waals surface area contributed by atoms with Gasteiger partial charge in [-0.1, -0.05) is 6.42 Å². The minimum atomic E-state index is -0.652. The Balaban J connectivity index is 2.23. The van der Waals surface area contributed by atoms with Gasteiger partial charge in [0.25, 0.3) is 11.4 Å². The Morgan fingerprint density at radius 2 is 2.00 bits per heavy atom. The van der Waals surface area contributed by atoms with Crippen molar-refractivity contribution in [1.82, 2.24) is 0 Å². The van der Waals surface area contributed by atoms with E-state index < -0.39 is 9.85 Å². The zero-order valence-electron chi connectivity index (χ0n) is 11.4. The third kappa shape index (κ3) is 3.46. The van der Waals surface area contributed by atoms with E-state index in [9.17, 15) is 20.2 Å². The number of nitrogens with zero attached hydrogens (tertiary/aromatic N) is 2. The molecule has 0 radical (unpaired) electrons. The lowest BCUT2D eigenvalue weighted by Crippen LogP contribution is -2.25. The van der Waals surface area contributed by atoms with Crippen molar-refractivity contribution >= 4 is 17.1 Å². The molecule has 8 nitrogen and oxygen atoms in total. The molecule has 2 unspecified atom stereocenters. The summed E-state index contributed by atoms with van der Waals surface area (Å²) in [6.07, 6.45) is 3.50. The van der Waals surface area contributed by atoms with Crippen LogP contribution in [0, 0.1) is 26.1 Å². The van der Waals surface area contributed by atoms with Gasteiger partial charge in [0.2, 0.25) is 0 Å². The van der Waals surface area contributed by atoms with Crippen molar-refractivity contribution in [2.45, 2.75) is 31.7 Å². The lowest BCUT2D eigenvalue weighted by Gasteiger charge is -2.21. The highest BCUT2D eigenvalue weighted by molar-refractivity contribution is 5.65. The first-order valence-electron chi connectivity index (χ1n) is 6.83. The number of nitrogens with one attached hydrogen (secondary N) is 1. The maximum Gasteiger partial charge on any atom is 0.299 e. The molecule has 2 atom stereocenters. The molecule has 1 fully saturated rings. The predicted molar refractivity (Wildman–Crippen MR) is 76.2 cm³/mol. The smallest absolute Gasteiger partial charge is 0.299 e. The minimum Gasteiger partial charge on any atom is -0.396 e. The molecule has 0 aliphatic heterocycles. The summed E-state index contributed by atoms with van der Waals surface area (Å²) in [5, 5.41) is 33.9. The zero-order chi connectivity index (χ0) is 15.4. The third-order valence-corrected chi connectivity index (χ3v) is 3.89. The fourth-order valence-electron chi connectivity index (χ4n) is 2.84. The van der Waals surface area contributed by atoms with Crippen molar-refractivity contribution in [3.05, 3.63) is 38.4 Å². The quantitative estimate of drug-likeness (QED) is 0.614. The molecule has 0 saturated heterocycles. The van der Waals surface area contributed by atoms with E-state index in [0.29, 0.717) is 12.1 Å². The van der Waals surface area contributed by atoms with Gasteiger partial charge in [0.1, 0.15) is 5.69 Å². The molecule has 1 aliphatic carbocycles. The number of non-ortho nitro benzene ring substituents is 1. The number of hydrogen-bond acceptors (Lipinski definition) is 6. The number of aliphatic hydroxyl groups is 1. The van der Waals surface area contributed by atoms with Crippen molar-refractivity contribution < 1.29 is 15.0 Å². The van der Waals surface area contributed by atoms with Crippen LogP contribution in [-0.2, 0) is 0 Å². The molecule has 0 bridgehead atoms. The first-order valence-corrected chi connectivity index (χ1v) is 6.83. The molecular formula is C13H17N3O5. The molecule has 0 heterocycles. The average Bonchev–Trinajstić information content (AvgIpc) is 2.86. The first kappa shape index (κ1) is 15.2. The molecule has 2 N–H and O–H groups in total. The van der Waals surface area contributed by atoms with Crippen molar-refractivity contribution in [3.8, 4) is 0 Å². The summed E-state index contributed by atoms with van der Waals surface area (Å²) in [7, 11) is 0. The Morgan fingerprint density at radius 1 is 1.24 bits per heavy atom. The maximum atomic E-state index is 11.1. The van der Waals surface area contributed by atoms with Gasteiger partial charge in [-0.2, -0.15) is 0 Å². The number of anilines is 1. The Morgan fingerprint density at radius 3 is 2.62 bits per heavy atom. The van der Waals surface area contributed by atoms with E-state index in [1.807, 2.05) is 0 Å². The number of hydrogen-bond donors (Lipinski definition) is 2. The summed E-state index contributed by atoms with van der Waals surface area (Å²) in [6, 6.07) is 3.66. The molecular weight excluding hydrogens is 278 g/mol. The van der Waals surface area contributed by atoms with Crippen LogP contribution in [0.5, 0.6) is 0 Å². The highest BCUT2D eigenvalue weighted by atomic mass is 16.6. The maximum absolute atomic E-state index is 11.1. The Bertz CT molecular complexity index is 549. The Kier molecular flexibility index (Phi) is 4.69. The van der Waals surface area contributed by atoms with Gasteiger partial charge in [0.15, 0.2) is 0 Å². The number of aliphatic hydroxyl groups excluding tert-OH is 1. The second kappa shape index (κ2) is 6.49. The molecule has 0 spiro atoms. The van der Waals surface area contributed by atoms with Gasteiger partial charge >= 0.3 is 0 Å². The van der Waals surface area contributed by atoms with Gasteiger partial charge in [0, 0.05) is 18.7 Å². The fourth-order valence-corrected chi connectivity index (χ4v) is 2.84. The van der Waals surface area contributed by atoms with Crippen LogP contribution in [0.15, 0.2) is 18.2 Å². The predicted octanol–water partition coefficient (Wildman–Crippen LogP) is 2.47. The van der Waals surface area contributed by atoms with Crippen LogP contribution in [0.25, 0.3) is 0 Å². The van der Waals surface area contributed by atoms with Crippen molar-refractivity contribution in [2.75, 3.05) is 11.9 Å². The number of nitro groups is 2. The molecule has 8 heteroatoms. The summed E-state index contributed by atoms with van der Waals surface area (Å²) in [6.45, 7) is 0.0885. The van der Waals surface area contributed by atoms with E-state index in [1.165, 1.54) is 12.1 Å². The van der Waals surface area contributed by atoms with Crippen LogP contribution in [0.4, 0.5) is 17.1 Å². The second-order valence-corrected chi connectivity index (χ2v) is 5.17. The van der Waals surface area contributed by atoms with Crippen molar-refractivity contribution in [3.63, 3.8) is 0 Å². The number of nitro benzene ring substituents is 2. The standard InChI is InChI=1S/C13H17N3O5/c17-7-6-9-2-1-3-11(9)14-12-5-4-10(15(18)19)8-13(12)16(20)21/h4-5,8-9,11,14,17H,1-3,6-7H2. The molecule has 1 saturated carbocycles. The van der Waals surface area contributed by atoms with E-state index in [4.69, 9.17) is 5.11 Å². The van der Waals surface area contributed by atoms with E-state index in [2.05, 4.69) is 5.32 Å². The molecule has 2 rings (SSSR count). The number of benzene rings is 1. The van der Waals surface area contributed by atoms with Gasteiger partial charge in [0.05, 0.1) is 15.9 Å². The fraction of sp³-hybridized carbons (Fsp3) is 0.538. The molecule has 1 aromatic carbocycles. The number of rotatable bonds is 6. The van der Waals surface area contributed by atoms with Gasteiger partial charge < -0.3 is 10.4 Å². The van der Waals surface area contributed by atoms with Crippen LogP contribution in [0.1, 0.15) is 25.7 Å². The van der Waals surface area contributed by atoms with E-state index >= 15 is 0 Å². The summed E-state index contributed by atoms with van der Waals surface area (Å²) in [5.74, 6) is 0.268. The molecule has 21 heavy (non-hydrogen) atoms. The molecule has 0 aromatic heterocycles. The minimum absolute atomic E-state index is 0.0531. The van der Waals surface area contributed by atoms with Crippen molar-refractivity contribution in [2.24, 2.45) is 5.92 Å². The van der Waals surface area contributed by atoms with Crippen LogP contribution in [0.3, 0.4) is 0 Å². The van der Waals surface area contributed by atoms with Gasteiger partial charge in [-0.25, -0.2) is 0 Å². The SMILES string of the molecule is O=[N+]([O-])c1ccc(NC2CCCC2CCO)c([N+](=O)[O-])c1.